The largest absolute Gasteiger partial charge is 0.331 e. The molecule has 0 unspecified atom stereocenters. The molecule has 156 valence electrons. The Labute approximate surface area is 181 Å². The summed E-state index contributed by atoms with van der Waals surface area (Å²) in [5.74, 6) is 0.611. The predicted molar refractivity (Wildman–Crippen MR) is 119 cm³/mol. The molecule has 1 aromatic carbocycles. The molecule has 3 heterocycles. The minimum absolute atomic E-state index is 0.193. The van der Waals surface area contributed by atoms with Gasteiger partial charge < -0.3 is 9.80 Å². The topological polar surface area (TPSA) is 55.5 Å². The fourth-order valence-corrected chi connectivity index (χ4v) is 4.70. The lowest BCUT2D eigenvalue weighted by atomic mass is 10.1. The van der Waals surface area contributed by atoms with Crippen LogP contribution in [0.25, 0.3) is 5.69 Å². The highest BCUT2D eigenvalue weighted by atomic mass is 32.2. The number of aryl methyl sites for hydroxylation is 1. The summed E-state index contributed by atoms with van der Waals surface area (Å²) in [6.07, 6.45) is 7.45. The van der Waals surface area contributed by atoms with Gasteiger partial charge in [-0.15, -0.1) is 0 Å². The van der Waals surface area contributed by atoms with E-state index in [-0.39, 0.29) is 5.91 Å². The van der Waals surface area contributed by atoms with Gasteiger partial charge in [0.25, 0.3) is 0 Å². The molecule has 7 heteroatoms. The van der Waals surface area contributed by atoms with Crippen LogP contribution in [0, 0.1) is 13.8 Å². The first-order valence-electron chi connectivity index (χ1n) is 10.3. The van der Waals surface area contributed by atoms with E-state index in [0.717, 1.165) is 43.6 Å². The zero-order valence-electron chi connectivity index (χ0n) is 17.5. The molecule has 0 bridgehead atoms. The average molecular weight is 423 g/mol. The second-order valence-electron chi connectivity index (χ2n) is 7.75. The first-order valence-corrected chi connectivity index (χ1v) is 11.3. The number of hydrogen-bond acceptors (Lipinski definition) is 4. The fraction of sp³-hybridized carbons (Fsp3) is 0.348. The first-order chi connectivity index (χ1) is 14.6. The highest BCUT2D eigenvalue weighted by Crippen LogP contribution is 2.24. The normalized spacial score (nSPS) is 14.8. The maximum absolute atomic E-state index is 12.8. The highest BCUT2D eigenvalue weighted by molar-refractivity contribution is 7.99. The van der Waals surface area contributed by atoms with E-state index < -0.39 is 0 Å². The Morgan fingerprint density at radius 3 is 2.63 bits per heavy atom. The summed E-state index contributed by atoms with van der Waals surface area (Å²) < 4.78 is 2.08. The van der Waals surface area contributed by atoms with E-state index in [0.29, 0.717) is 5.75 Å². The van der Waals surface area contributed by atoms with Crippen molar-refractivity contribution < 1.29 is 9.69 Å². The van der Waals surface area contributed by atoms with Crippen LogP contribution >= 0.6 is 11.8 Å². The van der Waals surface area contributed by atoms with E-state index in [4.69, 9.17) is 0 Å². The van der Waals surface area contributed by atoms with Gasteiger partial charge in [0.05, 0.1) is 37.6 Å². The van der Waals surface area contributed by atoms with E-state index in [1.165, 1.54) is 33.4 Å². The zero-order chi connectivity index (χ0) is 20.9. The van der Waals surface area contributed by atoms with Gasteiger partial charge in [0, 0.05) is 30.4 Å². The van der Waals surface area contributed by atoms with Crippen molar-refractivity contribution in [1.29, 1.82) is 0 Å². The van der Waals surface area contributed by atoms with Crippen molar-refractivity contribution in [2.24, 2.45) is 0 Å². The van der Waals surface area contributed by atoms with E-state index in [9.17, 15) is 4.79 Å². The minimum atomic E-state index is 0.193. The van der Waals surface area contributed by atoms with Crippen LogP contribution < -0.4 is 4.90 Å². The summed E-state index contributed by atoms with van der Waals surface area (Å²) in [5, 5.41) is 0.860. The zero-order valence-corrected chi connectivity index (χ0v) is 18.4. The molecule has 1 amide bonds. The number of pyridine rings is 1. The molecule has 1 N–H and O–H groups in total. The van der Waals surface area contributed by atoms with Crippen molar-refractivity contribution >= 4 is 17.7 Å². The number of nitrogens with zero attached hydrogens (tertiary/aromatic N) is 4. The van der Waals surface area contributed by atoms with Crippen LogP contribution in [0.2, 0.25) is 0 Å². The smallest absolute Gasteiger partial charge is 0.233 e. The number of aromatic nitrogens is 3. The van der Waals surface area contributed by atoms with E-state index >= 15 is 0 Å². The molecular formula is C23H28N5OS+. The van der Waals surface area contributed by atoms with E-state index in [1.807, 2.05) is 23.5 Å². The molecule has 4 rings (SSSR count). The predicted octanol–water partition coefficient (Wildman–Crippen LogP) is 1.90. The van der Waals surface area contributed by atoms with Gasteiger partial charge in [-0.3, -0.25) is 14.3 Å². The van der Waals surface area contributed by atoms with Crippen LogP contribution in [0.5, 0.6) is 0 Å². The Balaban J connectivity index is 1.31. The molecular weight excluding hydrogens is 394 g/mol. The maximum atomic E-state index is 12.8. The highest BCUT2D eigenvalue weighted by Gasteiger charge is 2.24. The van der Waals surface area contributed by atoms with Gasteiger partial charge in [0.2, 0.25) is 5.91 Å². The molecule has 0 saturated carbocycles. The lowest BCUT2D eigenvalue weighted by molar-refractivity contribution is -0.917. The summed E-state index contributed by atoms with van der Waals surface area (Å²) in [4.78, 5) is 24.9. The number of hydrogen-bond donors (Lipinski definition) is 1. The molecule has 6 nitrogen and oxygen atoms in total. The molecule has 2 aromatic heterocycles. The number of quaternary nitrogens is 1. The molecule has 0 spiro atoms. The van der Waals surface area contributed by atoms with Gasteiger partial charge in [0.15, 0.2) is 5.16 Å². The summed E-state index contributed by atoms with van der Waals surface area (Å²) in [6.45, 7) is 8.81. The number of imidazole rings is 1. The van der Waals surface area contributed by atoms with Crippen LogP contribution in [0.4, 0.5) is 0 Å². The van der Waals surface area contributed by atoms with Crippen LogP contribution in [0.3, 0.4) is 0 Å². The van der Waals surface area contributed by atoms with Crippen molar-refractivity contribution in [3.8, 4) is 5.69 Å². The van der Waals surface area contributed by atoms with Crippen LogP contribution in [0.15, 0.2) is 60.3 Å². The van der Waals surface area contributed by atoms with Crippen LogP contribution in [-0.2, 0) is 11.3 Å². The number of amides is 1. The third kappa shape index (κ3) is 4.74. The van der Waals surface area contributed by atoms with Gasteiger partial charge in [0.1, 0.15) is 6.54 Å². The Kier molecular flexibility index (Phi) is 6.50. The van der Waals surface area contributed by atoms with Gasteiger partial charge in [-0.1, -0.05) is 23.9 Å². The average Bonchev–Trinajstić information content (AvgIpc) is 3.23. The monoisotopic (exact) mass is 422 g/mol. The first kappa shape index (κ1) is 20.6. The number of rotatable bonds is 6. The minimum Gasteiger partial charge on any atom is -0.331 e. The third-order valence-electron chi connectivity index (χ3n) is 5.79. The quantitative estimate of drug-likeness (QED) is 0.617. The number of benzene rings is 1. The van der Waals surface area contributed by atoms with Crippen LogP contribution in [0.1, 0.15) is 16.7 Å². The maximum Gasteiger partial charge on any atom is 0.233 e. The Morgan fingerprint density at radius 2 is 1.87 bits per heavy atom. The van der Waals surface area contributed by atoms with Gasteiger partial charge in [-0.2, -0.15) is 0 Å². The molecule has 0 atom stereocenters. The Hall–Kier alpha value is -2.64. The fourth-order valence-electron chi connectivity index (χ4n) is 3.83. The molecule has 0 aliphatic carbocycles. The lowest BCUT2D eigenvalue weighted by Gasteiger charge is -2.32. The SMILES string of the molecule is Cc1cccc(-n2ccnc2SCC(=O)N2CC[NH+](Cc3ccncc3)CC2)c1C. The number of carbonyl (C=O) groups is 1. The summed E-state index contributed by atoms with van der Waals surface area (Å²) in [5.41, 5.74) is 4.90. The van der Waals surface area contributed by atoms with Gasteiger partial charge in [-0.25, -0.2) is 4.98 Å². The Bertz CT molecular complexity index is 996. The standard InChI is InChI=1S/C23H27N5OS/c1-18-4-3-5-21(19(18)2)28-11-10-25-23(28)30-17-22(29)27-14-12-26(13-15-27)16-20-6-8-24-9-7-20/h3-11H,12-17H2,1-2H3/p+1. The van der Waals surface area contributed by atoms with Crippen molar-refractivity contribution in [2.45, 2.75) is 25.5 Å². The third-order valence-corrected chi connectivity index (χ3v) is 6.75. The summed E-state index contributed by atoms with van der Waals surface area (Å²) in [7, 11) is 0. The second kappa shape index (κ2) is 9.45. The second-order valence-corrected chi connectivity index (χ2v) is 8.69. The molecule has 3 aromatic rings. The molecule has 1 fully saturated rings. The number of piperazine rings is 1. The van der Waals surface area contributed by atoms with E-state index in [1.54, 1.807) is 6.20 Å². The molecule has 30 heavy (non-hydrogen) atoms. The summed E-state index contributed by atoms with van der Waals surface area (Å²) >= 11 is 1.52. The molecule has 1 saturated heterocycles. The van der Waals surface area contributed by atoms with Gasteiger partial charge in [-0.05, 0) is 43.2 Å². The number of nitrogens with one attached hydrogen (secondary N) is 1. The molecule has 0 radical (unpaired) electrons. The van der Waals surface area contributed by atoms with E-state index in [2.05, 4.69) is 58.7 Å². The number of carbonyl (C=O) groups excluding carboxylic acids is 1. The lowest BCUT2D eigenvalue weighted by Crippen LogP contribution is -3.13. The van der Waals surface area contributed by atoms with Crippen molar-refractivity contribution in [2.75, 3.05) is 31.9 Å². The van der Waals surface area contributed by atoms with Crippen molar-refractivity contribution in [3.63, 3.8) is 0 Å². The van der Waals surface area contributed by atoms with Gasteiger partial charge >= 0.3 is 0 Å². The molecule has 1 aliphatic heterocycles. The van der Waals surface area contributed by atoms with Crippen molar-refractivity contribution in [1.82, 2.24) is 19.4 Å². The Morgan fingerprint density at radius 1 is 1.10 bits per heavy atom. The van der Waals surface area contributed by atoms with Crippen LogP contribution in [-0.4, -0.2) is 57.3 Å². The van der Waals surface area contributed by atoms with Crippen molar-refractivity contribution in [3.05, 3.63) is 71.8 Å². The summed E-state index contributed by atoms with van der Waals surface area (Å²) in [6, 6.07) is 10.4. The number of thioether (sulfide) groups is 1. The molecule has 1 aliphatic rings.